The predicted molar refractivity (Wildman–Crippen MR) is 300 cm³/mol. The number of carbonyl (C=O) groups is 3. The van der Waals surface area contributed by atoms with E-state index in [1.165, 1.54) is 4.90 Å². The van der Waals surface area contributed by atoms with Crippen LogP contribution in [0.25, 0.3) is 21.2 Å². The predicted octanol–water partition coefficient (Wildman–Crippen LogP) is 7.10. The lowest BCUT2D eigenvalue weighted by molar-refractivity contribution is -0.144. The van der Waals surface area contributed by atoms with E-state index in [1.807, 2.05) is 95.6 Å². The second-order valence-electron chi connectivity index (χ2n) is 22.7. The van der Waals surface area contributed by atoms with Crippen LogP contribution in [-0.4, -0.2) is 149 Å². The number of benzene rings is 3. The van der Waals surface area contributed by atoms with E-state index in [9.17, 15) is 29.9 Å². The summed E-state index contributed by atoms with van der Waals surface area (Å²) >= 11 is 1.58. The van der Waals surface area contributed by atoms with Gasteiger partial charge in [0.05, 0.1) is 65.9 Å². The molecule has 416 valence electrons. The lowest BCUT2D eigenvalue weighted by atomic mass is 9.85. The maximum Gasteiger partial charge on any atom is 0.318 e. The first-order chi connectivity index (χ1) is 37.5. The smallest absolute Gasteiger partial charge is 0.318 e. The molecule has 4 aliphatic heterocycles. The van der Waals surface area contributed by atoms with Crippen LogP contribution in [0.3, 0.4) is 0 Å². The molecule has 5 aromatic rings. The Hall–Kier alpha value is -6.43. The van der Waals surface area contributed by atoms with Crippen LogP contribution in [0.4, 0.5) is 11.5 Å². The number of amides is 3. The first-order valence-corrected chi connectivity index (χ1v) is 28.5. The minimum absolute atomic E-state index is 0.0197. The molecule has 3 aromatic carbocycles. The van der Waals surface area contributed by atoms with Crippen LogP contribution in [0.2, 0.25) is 0 Å². The number of nitriles is 1. The van der Waals surface area contributed by atoms with Gasteiger partial charge in [0.25, 0.3) is 0 Å². The van der Waals surface area contributed by atoms with E-state index in [-0.39, 0.29) is 62.0 Å². The number of aromatic hydroxyl groups is 1. The number of hydrogen-bond donors (Lipinski definition) is 4. The van der Waals surface area contributed by atoms with Gasteiger partial charge < -0.3 is 49.8 Å². The molecule has 0 aliphatic carbocycles. The Morgan fingerprint density at radius 3 is 2.47 bits per heavy atom. The van der Waals surface area contributed by atoms with Gasteiger partial charge in [-0.2, -0.15) is 15.2 Å². The highest BCUT2D eigenvalue weighted by Gasteiger charge is 2.45. The average molecular weight is 1090 g/mol. The Morgan fingerprint density at radius 2 is 1.73 bits per heavy atom. The van der Waals surface area contributed by atoms with Crippen molar-refractivity contribution in [1.29, 1.82) is 5.26 Å². The zero-order valence-corrected chi connectivity index (χ0v) is 46.8. The van der Waals surface area contributed by atoms with Crippen molar-refractivity contribution in [3.8, 4) is 28.3 Å². The number of phenolic OH excluding ortho intramolecular Hbond substituents is 1. The van der Waals surface area contributed by atoms with Crippen molar-refractivity contribution in [2.45, 2.75) is 129 Å². The summed E-state index contributed by atoms with van der Waals surface area (Å²) in [5, 5.41) is 38.9. The molecular formula is C59H76N10O8S. The van der Waals surface area contributed by atoms with E-state index in [2.05, 4.69) is 42.5 Å². The molecule has 78 heavy (non-hydrogen) atoms. The lowest BCUT2D eigenvalue weighted by Gasteiger charge is -2.37. The van der Waals surface area contributed by atoms with Crippen molar-refractivity contribution in [3.63, 3.8) is 0 Å². The summed E-state index contributed by atoms with van der Waals surface area (Å²) in [6, 6.07) is 20.2. The van der Waals surface area contributed by atoms with Crippen LogP contribution in [0.1, 0.15) is 102 Å². The highest BCUT2D eigenvalue weighted by Crippen LogP contribution is 2.38. The Kier molecular flexibility index (Phi) is 18.1. The SMILES string of the molecule is Cc1ncsc1-c1ccc([C@H](C)NC(=O)[C@@H]2C[C@@H](O)CN2C(=O)[C@@H](NC(=O)COCCOC2CCN(C[C@@H](C)Oc3nc4c(c(N5CCC[C@@H](CC#N)C5)n3)CCN(c3cc(O)cc5ccccc35)C4)CC2)C(C)(C)C)cc1. The topological polar surface area (TPSA) is 219 Å². The number of likely N-dealkylation sites (tertiary alicyclic amines) is 2. The molecule has 4 aliphatic rings. The normalized spacial score (nSPS) is 20.4. The van der Waals surface area contributed by atoms with Gasteiger partial charge in [-0.05, 0) is 86.8 Å². The molecule has 0 radical (unpaired) electrons. The molecule has 19 heteroatoms. The fourth-order valence-corrected chi connectivity index (χ4v) is 12.3. The molecule has 9 rings (SSSR count). The number of aliphatic hydroxyl groups excluding tert-OH is 1. The quantitative estimate of drug-likeness (QED) is 0.0607. The Balaban J connectivity index is 0.725. The number of anilines is 2. The minimum atomic E-state index is -0.973. The molecule has 2 aromatic heterocycles. The number of phenols is 1. The monoisotopic (exact) mass is 1080 g/mol. The van der Waals surface area contributed by atoms with Gasteiger partial charge >= 0.3 is 6.01 Å². The van der Waals surface area contributed by atoms with E-state index in [4.69, 9.17) is 24.2 Å². The van der Waals surface area contributed by atoms with Gasteiger partial charge in [-0.15, -0.1) is 11.3 Å². The van der Waals surface area contributed by atoms with Gasteiger partial charge in [-0.1, -0.05) is 69.3 Å². The van der Waals surface area contributed by atoms with Crippen molar-refractivity contribution in [2.75, 3.05) is 75.4 Å². The number of nitrogens with zero attached hydrogens (tertiary/aromatic N) is 8. The Labute approximate surface area is 462 Å². The molecule has 4 N–H and O–H groups in total. The van der Waals surface area contributed by atoms with Crippen molar-refractivity contribution in [2.24, 2.45) is 11.3 Å². The summed E-state index contributed by atoms with van der Waals surface area (Å²) in [6.45, 7) is 16.9. The fourth-order valence-electron chi connectivity index (χ4n) is 11.5. The standard InChI is InChI=1S/C59H76N10O8S/c1-37(77-58-63-49-34-67(50-29-44(70)28-43-11-7-8-12-47(43)50)25-20-48(49)55(65-58)68-22-9-10-40(32-68)17-21-60)31-66-23-18-46(19-24-66)76-27-26-75-35-52(72)64-54(59(4,5)6)57(74)69-33-45(71)30-51(69)56(73)62-38(2)41-13-15-42(16-14-41)53-39(3)61-36-78-53/h7-8,11-16,28-29,36-38,40,45-46,51,54,70-71H,9-10,17-20,22-27,30-35H2,1-6H3,(H,62,73)(H,64,72)/t37-,38+,40+,45-,51+,54-/m1/s1. The fraction of sp³-hybridized carbons (Fsp3) is 0.542. The number of ether oxygens (including phenoxy) is 3. The van der Waals surface area contributed by atoms with Crippen LogP contribution in [0.5, 0.6) is 11.8 Å². The highest BCUT2D eigenvalue weighted by molar-refractivity contribution is 7.13. The van der Waals surface area contributed by atoms with Gasteiger partial charge in [0.15, 0.2) is 0 Å². The molecule has 0 spiro atoms. The summed E-state index contributed by atoms with van der Waals surface area (Å²) < 4.78 is 18.5. The van der Waals surface area contributed by atoms with Crippen molar-refractivity contribution in [3.05, 3.63) is 88.7 Å². The maximum atomic E-state index is 14.2. The number of aromatic nitrogens is 3. The van der Waals surface area contributed by atoms with Crippen LogP contribution in [-0.2, 0) is 36.8 Å². The molecule has 6 heterocycles. The third-order valence-electron chi connectivity index (χ3n) is 15.6. The van der Waals surface area contributed by atoms with Gasteiger partial charge in [-0.3, -0.25) is 19.3 Å². The molecule has 0 saturated carbocycles. The zero-order chi connectivity index (χ0) is 55.1. The minimum Gasteiger partial charge on any atom is -0.508 e. The highest BCUT2D eigenvalue weighted by atomic mass is 32.1. The van der Waals surface area contributed by atoms with E-state index in [0.717, 1.165) is 120 Å². The summed E-state index contributed by atoms with van der Waals surface area (Å²) in [4.78, 5) is 65.2. The van der Waals surface area contributed by atoms with Crippen molar-refractivity contribution < 1.29 is 38.8 Å². The molecule has 0 bridgehead atoms. The molecule has 6 atom stereocenters. The van der Waals surface area contributed by atoms with Crippen LogP contribution in [0.15, 0.2) is 66.2 Å². The van der Waals surface area contributed by atoms with Crippen LogP contribution < -0.4 is 25.2 Å². The molecular weight excluding hydrogens is 1010 g/mol. The number of nitrogens with one attached hydrogen (secondary N) is 2. The molecule has 3 amide bonds. The molecule has 0 unspecified atom stereocenters. The Bertz CT molecular complexity index is 2930. The molecule has 18 nitrogen and oxygen atoms in total. The molecule has 3 saturated heterocycles. The van der Waals surface area contributed by atoms with Gasteiger partial charge in [0.1, 0.15) is 36.4 Å². The van der Waals surface area contributed by atoms with Gasteiger partial charge in [0.2, 0.25) is 17.7 Å². The van der Waals surface area contributed by atoms with Crippen LogP contribution >= 0.6 is 11.3 Å². The van der Waals surface area contributed by atoms with Crippen molar-refractivity contribution >= 4 is 51.3 Å². The lowest BCUT2D eigenvalue weighted by Crippen LogP contribution is -2.58. The van der Waals surface area contributed by atoms with E-state index in [0.29, 0.717) is 32.1 Å². The van der Waals surface area contributed by atoms with Gasteiger partial charge in [-0.25, -0.2) is 4.98 Å². The first-order valence-electron chi connectivity index (χ1n) is 27.7. The number of piperidine rings is 2. The number of carbonyl (C=O) groups excluding carboxylic acids is 3. The third kappa shape index (κ3) is 13.7. The number of rotatable bonds is 19. The average Bonchev–Trinajstić information content (AvgIpc) is 4.11. The maximum absolute atomic E-state index is 14.2. The summed E-state index contributed by atoms with van der Waals surface area (Å²) in [6.07, 6.45) is 3.98. The molecule has 3 fully saturated rings. The summed E-state index contributed by atoms with van der Waals surface area (Å²) in [7, 11) is 0. The third-order valence-corrected chi connectivity index (χ3v) is 16.6. The summed E-state index contributed by atoms with van der Waals surface area (Å²) in [5.41, 5.74) is 7.02. The number of aliphatic hydroxyl groups is 1. The van der Waals surface area contributed by atoms with E-state index < -0.39 is 35.4 Å². The number of fused-ring (bicyclic) bond motifs is 2. The second kappa shape index (κ2) is 25.1. The number of hydrogen-bond acceptors (Lipinski definition) is 16. The zero-order valence-electron chi connectivity index (χ0n) is 46.0. The largest absolute Gasteiger partial charge is 0.508 e. The first kappa shape index (κ1) is 56.3. The Morgan fingerprint density at radius 1 is 0.949 bits per heavy atom. The second-order valence-corrected chi connectivity index (χ2v) is 23.5. The number of thiazole rings is 1. The number of aryl methyl sites for hydroxylation is 1. The summed E-state index contributed by atoms with van der Waals surface area (Å²) in [5.74, 6) is 0.148. The van der Waals surface area contributed by atoms with E-state index in [1.54, 1.807) is 17.4 Å². The van der Waals surface area contributed by atoms with E-state index >= 15 is 0 Å². The van der Waals surface area contributed by atoms with Gasteiger partial charge in [0, 0.05) is 81.4 Å². The van der Waals surface area contributed by atoms with Crippen LogP contribution in [0, 0.1) is 29.6 Å². The number of β-amino-alcohol motifs (C(OH)–C–C–N with tert-alkyl or cyclic N) is 1. The van der Waals surface area contributed by atoms with Crippen molar-refractivity contribution in [1.82, 2.24) is 35.4 Å².